The molecule has 1 aromatic rings. The number of hydrogen-bond acceptors (Lipinski definition) is 3. The monoisotopic (exact) mass is 249 g/mol. The molecule has 4 heteroatoms. The Morgan fingerprint density at radius 3 is 2.50 bits per heavy atom. The molecule has 0 atom stereocenters. The van der Waals surface area contributed by atoms with E-state index in [1.807, 2.05) is 24.3 Å². The second kappa shape index (κ2) is 6.40. The van der Waals surface area contributed by atoms with E-state index < -0.39 is 0 Å². The molecule has 1 amide bonds. The van der Waals surface area contributed by atoms with Crippen molar-refractivity contribution in [2.45, 2.75) is 26.4 Å². The van der Waals surface area contributed by atoms with Crippen LogP contribution in [0.4, 0.5) is 5.69 Å². The van der Waals surface area contributed by atoms with E-state index >= 15 is 0 Å². The summed E-state index contributed by atoms with van der Waals surface area (Å²) < 4.78 is 0. The van der Waals surface area contributed by atoms with Gasteiger partial charge in [0.15, 0.2) is 0 Å². The Balaban J connectivity index is 2.72. The molecule has 0 saturated carbocycles. The normalized spacial score (nSPS) is 11.0. The van der Waals surface area contributed by atoms with Gasteiger partial charge in [0.1, 0.15) is 0 Å². The second-order valence-corrected chi connectivity index (χ2v) is 5.03. The number of amides is 1. The molecule has 100 valence electrons. The highest BCUT2D eigenvalue weighted by atomic mass is 16.2. The predicted octanol–water partition coefficient (Wildman–Crippen LogP) is 1.57. The molecule has 1 rings (SSSR count). The van der Waals surface area contributed by atoms with E-state index in [2.05, 4.69) is 18.7 Å². The molecule has 18 heavy (non-hydrogen) atoms. The van der Waals surface area contributed by atoms with E-state index in [1.54, 1.807) is 19.0 Å². The Kier molecular flexibility index (Phi) is 5.16. The van der Waals surface area contributed by atoms with Gasteiger partial charge in [0.05, 0.1) is 6.54 Å². The standard InChI is InChI=1S/C14H23N3O/c1-11(2)17(10-14(18)16(3)4)9-12-6-5-7-13(15)8-12/h5-8,11H,9-10,15H2,1-4H3. The van der Waals surface area contributed by atoms with E-state index in [4.69, 9.17) is 5.73 Å². The van der Waals surface area contributed by atoms with Crippen molar-refractivity contribution in [3.8, 4) is 0 Å². The van der Waals surface area contributed by atoms with Crippen LogP contribution in [0.5, 0.6) is 0 Å². The molecule has 0 bridgehead atoms. The number of rotatable bonds is 5. The molecule has 0 radical (unpaired) electrons. The molecule has 0 unspecified atom stereocenters. The van der Waals surface area contributed by atoms with Crippen molar-refractivity contribution in [3.05, 3.63) is 29.8 Å². The molecule has 0 aliphatic heterocycles. The first-order chi connectivity index (χ1) is 8.40. The van der Waals surface area contributed by atoms with Crippen molar-refractivity contribution in [1.29, 1.82) is 0 Å². The molecular weight excluding hydrogens is 226 g/mol. The number of carbonyl (C=O) groups excluding carboxylic acids is 1. The van der Waals surface area contributed by atoms with Gasteiger partial charge >= 0.3 is 0 Å². The Labute approximate surface area is 109 Å². The third-order valence-corrected chi connectivity index (χ3v) is 2.90. The summed E-state index contributed by atoms with van der Waals surface area (Å²) in [4.78, 5) is 15.5. The molecule has 4 nitrogen and oxygen atoms in total. The Hall–Kier alpha value is -1.55. The molecule has 0 heterocycles. The van der Waals surface area contributed by atoms with Gasteiger partial charge in [0.25, 0.3) is 0 Å². The lowest BCUT2D eigenvalue weighted by Gasteiger charge is -2.27. The van der Waals surface area contributed by atoms with Gasteiger partial charge in [0, 0.05) is 32.4 Å². The lowest BCUT2D eigenvalue weighted by molar-refractivity contribution is -0.130. The van der Waals surface area contributed by atoms with Crippen molar-refractivity contribution >= 4 is 11.6 Å². The fraction of sp³-hybridized carbons (Fsp3) is 0.500. The maximum absolute atomic E-state index is 11.8. The molecule has 0 aliphatic rings. The zero-order chi connectivity index (χ0) is 13.7. The fourth-order valence-electron chi connectivity index (χ4n) is 1.66. The van der Waals surface area contributed by atoms with E-state index in [9.17, 15) is 4.79 Å². The third-order valence-electron chi connectivity index (χ3n) is 2.90. The highest BCUT2D eigenvalue weighted by Gasteiger charge is 2.15. The van der Waals surface area contributed by atoms with Crippen LogP contribution in [0.25, 0.3) is 0 Å². The molecule has 2 N–H and O–H groups in total. The molecule has 0 spiro atoms. The number of anilines is 1. The lowest BCUT2D eigenvalue weighted by Crippen LogP contribution is -2.39. The van der Waals surface area contributed by atoms with Crippen molar-refractivity contribution in [2.24, 2.45) is 0 Å². The van der Waals surface area contributed by atoms with Gasteiger partial charge in [-0.2, -0.15) is 0 Å². The molecular formula is C14H23N3O. The molecule has 0 aromatic heterocycles. The maximum Gasteiger partial charge on any atom is 0.236 e. The Morgan fingerprint density at radius 1 is 1.33 bits per heavy atom. The minimum absolute atomic E-state index is 0.118. The largest absolute Gasteiger partial charge is 0.399 e. The summed E-state index contributed by atoms with van der Waals surface area (Å²) in [6.07, 6.45) is 0. The molecule has 0 fully saturated rings. The molecule has 0 aliphatic carbocycles. The maximum atomic E-state index is 11.8. The SMILES string of the molecule is CC(C)N(CC(=O)N(C)C)Cc1cccc(N)c1. The van der Waals surface area contributed by atoms with Crippen LogP contribution in [-0.2, 0) is 11.3 Å². The van der Waals surface area contributed by atoms with Gasteiger partial charge in [-0.3, -0.25) is 9.69 Å². The number of likely N-dealkylation sites (N-methyl/N-ethyl adjacent to an activating group) is 1. The first-order valence-electron chi connectivity index (χ1n) is 6.18. The minimum atomic E-state index is 0.118. The average Bonchev–Trinajstić information content (AvgIpc) is 2.27. The highest BCUT2D eigenvalue weighted by Crippen LogP contribution is 2.11. The number of nitrogens with two attached hydrogens (primary N) is 1. The van der Waals surface area contributed by atoms with Crippen LogP contribution >= 0.6 is 0 Å². The molecule has 1 aromatic carbocycles. The van der Waals surface area contributed by atoms with Gasteiger partial charge in [-0.1, -0.05) is 12.1 Å². The van der Waals surface area contributed by atoms with Crippen molar-refractivity contribution in [2.75, 3.05) is 26.4 Å². The number of carbonyl (C=O) groups is 1. The first kappa shape index (κ1) is 14.5. The van der Waals surface area contributed by atoms with Gasteiger partial charge in [-0.25, -0.2) is 0 Å². The summed E-state index contributed by atoms with van der Waals surface area (Å²) in [5.74, 6) is 0.118. The smallest absolute Gasteiger partial charge is 0.236 e. The van der Waals surface area contributed by atoms with Crippen LogP contribution in [0.1, 0.15) is 19.4 Å². The minimum Gasteiger partial charge on any atom is -0.399 e. The molecule has 0 saturated heterocycles. The number of hydrogen-bond donors (Lipinski definition) is 1. The zero-order valence-corrected chi connectivity index (χ0v) is 11.7. The summed E-state index contributed by atoms with van der Waals surface area (Å²) in [6.45, 7) is 5.35. The van der Waals surface area contributed by atoms with Crippen LogP contribution < -0.4 is 5.73 Å². The quantitative estimate of drug-likeness (QED) is 0.806. The first-order valence-corrected chi connectivity index (χ1v) is 6.18. The van der Waals surface area contributed by atoms with Gasteiger partial charge in [-0.15, -0.1) is 0 Å². The summed E-state index contributed by atoms with van der Waals surface area (Å²) in [7, 11) is 3.56. The number of nitrogen functional groups attached to an aromatic ring is 1. The summed E-state index contributed by atoms with van der Waals surface area (Å²) in [5.41, 5.74) is 7.66. The van der Waals surface area contributed by atoms with Crippen LogP contribution in [-0.4, -0.2) is 42.4 Å². The predicted molar refractivity (Wildman–Crippen MR) is 75.1 cm³/mol. The van der Waals surface area contributed by atoms with Crippen LogP contribution in [0, 0.1) is 0 Å². The second-order valence-electron chi connectivity index (χ2n) is 5.03. The van der Waals surface area contributed by atoms with Crippen molar-refractivity contribution in [3.63, 3.8) is 0 Å². The summed E-state index contributed by atoms with van der Waals surface area (Å²) in [5, 5.41) is 0. The van der Waals surface area contributed by atoms with E-state index in [0.29, 0.717) is 12.6 Å². The average molecular weight is 249 g/mol. The third kappa shape index (κ3) is 4.37. The van der Waals surface area contributed by atoms with Crippen molar-refractivity contribution < 1.29 is 4.79 Å². The van der Waals surface area contributed by atoms with E-state index in [0.717, 1.165) is 17.8 Å². The van der Waals surface area contributed by atoms with Crippen LogP contribution in [0.3, 0.4) is 0 Å². The summed E-state index contributed by atoms with van der Waals surface area (Å²) in [6, 6.07) is 8.11. The Morgan fingerprint density at radius 2 is 2.00 bits per heavy atom. The lowest BCUT2D eigenvalue weighted by atomic mass is 10.1. The highest BCUT2D eigenvalue weighted by molar-refractivity contribution is 5.77. The number of nitrogens with zero attached hydrogens (tertiary/aromatic N) is 2. The topological polar surface area (TPSA) is 49.6 Å². The fourth-order valence-corrected chi connectivity index (χ4v) is 1.66. The zero-order valence-electron chi connectivity index (χ0n) is 11.7. The van der Waals surface area contributed by atoms with Crippen LogP contribution in [0.2, 0.25) is 0 Å². The van der Waals surface area contributed by atoms with E-state index in [-0.39, 0.29) is 5.91 Å². The van der Waals surface area contributed by atoms with Gasteiger partial charge < -0.3 is 10.6 Å². The van der Waals surface area contributed by atoms with Gasteiger partial charge in [0.2, 0.25) is 5.91 Å². The van der Waals surface area contributed by atoms with Crippen LogP contribution in [0.15, 0.2) is 24.3 Å². The van der Waals surface area contributed by atoms with Gasteiger partial charge in [-0.05, 0) is 31.5 Å². The Bertz CT molecular complexity index is 402. The van der Waals surface area contributed by atoms with Crippen molar-refractivity contribution in [1.82, 2.24) is 9.80 Å². The number of benzene rings is 1. The van der Waals surface area contributed by atoms with E-state index in [1.165, 1.54) is 0 Å². The summed E-state index contributed by atoms with van der Waals surface area (Å²) >= 11 is 0.